The van der Waals surface area contributed by atoms with Crippen LogP contribution in [0.5, 0.6) is 0 Å². The minimum absolute atomic E-state index is 0.118. The number of aromatic nitrogens is 1. The molecule has 2 aromatic rings. The van der Waals surface area contributed by atoms with Gasteiger partial charge < -0.3 is 0 Å². The van der Waals surface area contributed by atoms with Gasteiger partial charge in [0.1, 0.15) is 0 Å². The number of halogens is 2. The van der Waals surface area contributed by atoms with E-state index in [0.717, 1.165) is 39.8 Å². The second kappa shape index (κ2) is 13.0. The predicted molar refractivity (Wildman–Crippen MR) is 141 cm³/mol. The van der Waals surface area contributed by atoms with Gasteiger partial charge in [-0.1, -0.05) is 52.0 Å². The standard InChI is InChI=1S/C25H35N3.2BrH.Fe/c1-16(2)20-12-10-13-21(17(3)4)24(20)26-18(5)22-14-11-15-23(27-22)19(6)28-25(7,8)9;;;/h10-17H,1-9H3;2*1H;/q;;;+2/p-2. The van der Waals surface area contributed by atoms with Crippen molar-refractivity contribution in [1.82, 2.24) is 4.98 Å². The molecule has 0 unspecified atom stereocenters. The van der Waals surface area contributed by atoms with Crippen LogP contribution in [0.15, 0.2) is 46.4 Å². The Kier molecular flexibility index (Phi) is 11.9. The van der Waals surface area contributed by atoms with Gasteiger partial charge in [0.25, 0.3) is 0 Å². The van der Waals surface area contributed by atoms with Crippen molar-refractivity contribution >= 4 is 45.3 Å². The zero-order valence-electron chi connectivity index (χ0n) is 20.1. The Labute approximate surface area is 209 Å². The molecular formula is C25H35Br2FeN3. The molecule has 1 heterocycles. The molecule has 0 saturated heterocycles. The second-order valence-corrected chi connectivity index (χ2v) is 14.7. The van der Waals surface area contributed by atoms with Crippen LogP contribution in [-0.4, -0.2) is 21.9 Å². The summed E-state index contributed by atoms with van der Waals surface area (Å²) < 4.78 is 0. The second-order valence-electron chi connectivity index (χ2n) is 9.12. The first-order valence-corrected chi connectivity index (χ1v) is 15.9. The number of para-hydroxylation sites is 1. The van der Waals surface area contributed by atoms with E-state index in [1.54, 1.807) is 0 Å². The Hall–Kier alpha value is -0.811. The molecule has 0 N–H and O–H groups in total. The molecule has 3 nitrogen and oxygen atoms in total. The molecule has 31 heavy (non-hydrogen) atoms. The van der Waals surface area contributed by atoms with Crippen LogP contribution in [0.1, 0.15) is 96.7 Å². The average Bonchev–Trinajstić information content (AvgIpc) is 2.67. The van der Waals surface area contributed by atoms with Gasteiger partial charge in [-0.3, -0.25) is 9.98 Å². The first-order valence-electron chi connectivity index (χ1n) is 10.5. The van der Waals surface area contributed by atoms with E-state index in [1.165, 1.54) is 11.1 Å². The molecule has 2 rings (SSSR count). The number of benzene rings is 1. The van der Waals surface area contributed by atoms with E-state index in [-0.39, 0.29) is 5.54 Å². The van der Waals surface area contributed by atoms with Crippen LogP contribution in [0.25, 0.3) is 0 Å². The molecule has 6 heteroatoms. The van der Waals surface area contributed by atoms with E-state index in [9.17, 15) is 0 Å². The quantitative estimate of drug-likeness (QED) is 0.252. The van der Waals surface area contributed by atoms with Gasteiger partial charge in [-0.2, -0.15) is 0 Å². The van der Waals surface area contributed by atoms with E-state index >= 15 is 0 Å². The molecule has 0 bridgehead atoms. The minimum atomic E-state index is -0.118. The Morgan fingerprint density at radius 3 is 1.68 bits per heavy atom. The molecule has 0 radical (unpaired) electrons. The van der Waals surface area contributed by atoms with Crippen LogP contribution in [0.2, 0.25) is 0 Å². The summed E-state index contributed by atoms with van der Waals surface area (Å²) in [7, 11) is 0. The third kappa shape index (κ3) is 9.29. The molecule has 1 aromatic heterocycles. The van der Waals surface area contributed by atoms with Gasteiger partial charge in [-0.25, -0.2) is 4.98 Å². The summed E-state index contributed by atoms with van der Waals surface area (Å²) in [6.07, 6.45) is 0. The summed E-state index contributed by atoms with van der Waals surface area (Å²) in [5.41, 5.74) is 7.23. The average molecular weight is 593 g/mol. The van der Waals surface area contributed by atoms with Gasteiger partial charge in [0.15, 0.2) is 0 Å². The third-order valence-electron chi connectivity index (χ3n) is 4.62. The maximum atomic E-state index is 5.06. The summed E-state index contributed by atoms with van der Waals surface area (Å²) in [5.74, 6) is 0.844. The summed E-state index contributed by atoms with van der Waals surface area (Å²) in [4.78, 5) is 14.7. The molecule has 0 atom stereocenters. The van der Waals surface area contributed by atoms with E-state index in [4.69, 9.17) is 15.0 Å². The SMILES string of the molecule is CC(=Nc1c(C(C)C)cccc1C(C)C)c1cccc(C(C)=NC(C)(C)C)n1.[Br][Fe][Br]. The van der Waals surface area contributed by atoms with Crippen molar-refractivity contribution in [1.29, 1.82) is 0 Å². The van der Waals surface area contributed by atoms with Gasteiger partial charge in [-0.15, -0.1) is 0 Å². The van der Waals surface area contributed by atoms with Crippen molar-refractivity contribution in [2.75, 3.05) is 0 Å². The number of nitrogens with zero attached hydrogens (tertiary/aromatic N) is 3. The van der Waals surface area contributed by atoms with Crippen molar-refractivity contribution in [2.45, 2.75) is 79.7 Å². The third-order valence-corrected chi connectivity index (χ3v) is 4.62. The van der Waals surface area contributed by atoms with Gasteiger partial charge >= 0.3 is 39.6 Å². The number of aliphatic imine (C=N–C) groups is 2. The monoisotopic (exact) mass is 591 g/mol. The number of hydrogen-bond donors (Lipinski definition) is 0. The zero-order valence-corrected chi connectivity index (χ0v) is 24.3. The topological polar surface area (TPSA) is 37.6 Å². The molecular weight excluding hydrogens is 558 g/mol. The van der Waals surface area contributed by atoms with Gasteiger partial charge in [-0.05, 0) is 69.7 Å². The molecule has 0 aliphatic rings. The number of pyridine rings is 1. The van der Waals surface area contributed by atoms with E-state index in [0.29, 0.717) is 11.8 Å². The van der Waals surface area contributed by atoms with Crippen LogP contribution in [0, 0.1) is 0 Å². The fraction of sp³-hybridized carbons (Fsp3) is 0.480. The van der Waals surface area contributed by atoms with E-state index < -0.39 is 0 Å². The summed E-state index contributed by atoms with van der Waals surface area (Å²) in [5, 5.41) is 0. The van der Waals surface area contributed by atoms with Crippen LogP contribution in [-0.2, 0) is 11.3 Å². The molecule has 0 aliphatic heterocycles. The summed E-state index contributed by atoms with van der Waals surface area (Å²) >= 11 is 7.00. The van der Waals surface area contributed by atoms with Gasteiger partial charge in [0, 0.05) is 0 Å². The molecule has 0 aliphatic carbocycles. The van der Waals surface area contributed by atoms with Crippen molar-refractivity contribution in [3.05, 3.63) is 58.9 Å². The van der Waals surface area contributed by atoms with Crippen LogP contribution in [0.3, 0.4) is 0 Å². The number of rotatable bonds is 5. The van der Waals surface area contributed by atoms with Crippen LogP contribution >= 0.6 is 28.2 Å². The van der Waals surface area contributed by atoms with Crippen molar-refractivity contribution < 1.29 is 11.3 Å². The van der Waals surface area contributed by atoms with Crippen molar-refractivity contribution in [3.63, 3.8) is 0 Å². The van der Waals surface area contributed by atoms with Gasteiger partial charge in [0.05, 0.1) is 34.0 Å². The maximum absolute atomic E-state index is 5.06. The fourth-order valence-electron chi connectivity index (χ4n) is 3.26. The Bertz CT molecular complexity index is 887. The van der Waals surface area contributed by atoms with Crippen molar-refractivity contribution in [3.8, 4) is 0 Å². The molecule has 0 saturated carbocycles. The molecule has 172 valence electrons. The summed E-state index contributed by atoms with van der Waals surface area (Å²) in [6.45, 7) is 19.3. The predicted octanol–water partition coefficient (Wildman–Crippen LogP) is 8.77. The molecule has 0 spiro atoms. The molecule has 1 aromatic carbocycles. The van der Waals surface area contributed by atoms with E-state index in [2.05, 4.69) is 94.9 Å². The number of hydrogen-bond acceptors (Lipinski definition) is 3. The molecule has 0 fully saturated rings. The molecule has 0 amide bonds. The Morgan fingerprint density at radius 1 is 0.839 bits per heavy atom. The zero-order chi connectivity index (χ0) is 23.8. The van der Waals surface area contributed by atoms with Crippen LogP contribution in [0.4, 0.5) is 5.69 Å². The van der Waals surface area contributed by atoms with Gasteiger partial charge in [0.2, 0.25) is 0 Å². The first kappa shape index (κ1) is 28.2. The first-order chi connectivity index (χ1) is 14.4. The Morgan fingerprint density at radius 2 is 1.26 bits per heavy atom. The van der Waals surface area contributed by atoms with Crippen molar-refractivity contribution in [2.24, 2.45) is 9.98 Å². The van der Waals surface area contributed by atoms with E-state index in [1.807, 2.05) is 32.0 Å². The normalized spacial score (nSPS) is 12.9. The summed E-state index contributed by atoms with van der Waals surface area (Å²) in [6, 6.07) is 12.6. The Balaban J connectivity index is 0.00000151. The fourth-order valence-corrected chi connectivity index (χ4v) is 3.26. The van der Waals surface area contributed by atoms with Crippen LogP contribution < -0.4 is 0 Å².